The Hall–Kier alpha value is -1.50. The maximum atomic E-state index is 13.9. The zero-order valence-corrected chi connectivity index (χ0v) is 22.2. The second-order valence-electron chi connectivity index (χ2n) is 8.39. The summed E-state index contributed by atoms with van der Waals surface area (Å²) in [7, 11) is -7.49. The van der Waals surface area contributed by atoms with Crippen molar-refractivity contribution < 1.29 is 42.1 Å². The highest BCUT2D eigenvalue weighted by Crippen LogP contribution is 2.63. The molecule has 188 valence electrons. The molecule has 1 rings (SSSR count). The lowest BCUT2D eigenvalue weighted by atomic mass is 9.81. The highest BCUT2D eigenvalue weighted by atomic mass is 31.2. The van der Waals surface area contributed by atoms with Crippen LogP contribution in [-0.4, -0.2) is 42.8 Å². The molecule has 0 saturated heterocycles. The summed E-state index contributed by atoms with van der Waals surface area (Å²) in [5.74, 6) is -2.24. The van der Waals surface area contributed by atoms with Crippen molar-refractivity contribution in [2.45, 2.75) is 60.3 Å². The molecule has 1 N–H and O–H groups in total. The molecule has 0 bridgehead atoms. The Kier molecular flexibility index (Phi) is 11.0. The first-order valence-corrected chi connectivity index (χ1v) is 14.5. The molecule has 0 heterocycles. The number of carboxylic acid groups (broad SMARTS) is 1. The Bertz CT molecular complexity index is 914. The normalized spacial score (nSPS) is 14.2. The molecule has 11 heteroatoms. The number of aliphatic carboxylic acids is 1. The summed E-state index contributed by atoms with van der Waals surface area (Å²) in [5.41, 5.74) is -0.603. The Morgan fingerprint density at radius 1 is 1.00 bits per heavy atom. The summed E-state index contributed by atoms with van der Waals surface area (Å²) in [6.07, 6.45) is -0.266. The average molecular weight is 506 g/mol. The van der Waals surface area contributed by atoms with Crippen molar-refractivity contribution in [1.82, 2.24) is 0 Å². The van der Waals surface area contributed by atoms with E-state index in [9.17, 15) is 23.8 Å². The molecule has 1 unspecified atom stereocenters. The average Bonchev–Trinajstić information content (AvgIpc) is 2.67. The third-order valence-corrected chi connectivity index (χ3v) is 10.6. The van der Waals surface area contributed by atoms with E-state index < -0.39 is 44.1 Å². The molecule has 1 aromatic carbocycles. The van der Waals surface area contributed by atoms with E-state index in [0.717, 1.165) is 0 Å². The monoisotopic (exact) mass is 506 g/mol. The smallest absolute Gasteiger partial charge is 0.340 e. The van der Waals surface area contributed by atoms with Gasteiger partial charge in [-0.3, -0.25) is 18.7 Å². The number of rotatable bonds is 14. The summed E-state index contributed by atoms with van der Waals surface area (Å²) in [4.78, 5) is 23.7. The number of carbonyl (C=O) groups excluding carboxylic acids is 1. The van der Waals surface area contributed by atoms with Crippen LogP contribution in [0.25, 0.3) is 0 Å². The van der Waals surface area contributed by atoms with E-state index in [4.69, 9.17) is 18.3 Å². The number of benzene rings is 1. The Morgan fingerprint density at radius 2 is 1.55 bits per heavy atom. The lowest BCUT2D eigenvalue weighted by Gasteiger charge is -2.28. The van der Waals surface area contributed by atoms with Crippen molar-refractivity contribution in [2.75, 3.05) is 25.7 Å². The van der Waals surface area contributed by atoms with Crippen LogP contribution in [0.3, 0.4) is 0 Å². The molecule has 0 aliphatic heterocycles. The molecule has 0 aliphatic carbocycles. The van der Waals surface area contributed by atoms with Gasteiger partial charge in [-0.2, -0.15) is 0 Å². The molecule has 0 aromatic heterocycles. The van der Waals surface area contributed by atoms with Crippen LogP contribution in [0.4, 0.5) is 0 Å². The van der Waals surface area contributed by atoms with E-state index in [0.29, 0.717) is 5.56 Å². The van der Waals surface area contributed by atoms with Gasteiger partial charge < -0.3 is 23.4 Å². The third kappa shape index (κ3) is 8.34. The van der Waals surface area contributed by atoms with Gasteiger partial charge in [0.25, 0.3) is 0 Å². The summed E-state index contributed by atoms with van der Waals surface area (Å²) >= 11 is 0. The first kappa shape index (κ1) is 29.5. The van der Waals surface area contributed by atoms with E-state index in [-0.39, 0.29) is 37.3 Å². The SMILES string of the molecule is CCOP(=O)(CP(=O)(OCC)c1ccc(OC(=O)C(C)C)c(C(C)(C)CC(=O)O)c1)OCC. The van der Waals surface area contributed by atoms with Gasteiger partial charge in [0.15, 0.2) is 0 Å². The van der Waals surface area contributed by atoms with Crippen LogP contribution in [0.5, 0.6) is 5.75 Å². The molecule has 1 atom stereocenters. The van der Waals surface area contributed by atoms with Gasteiger partial charge in [0.1, 0.15) is 11.7 Å². The van der Waals surface area contributed by atoms with Gasteiger partial charge in [-0.15, -0.1) is 0 Å². The highest BCUT2D eigenvalue weighted by Gasteiger charge is 2.40. The van der Waals surface area contributed by atoms with E-state index in [1.807, 2.05) is 0 Å². The van der Waals surface area contributed by atoms with Gasteiger partial charge in [0.05, 0.1) is 32.2 Å². The predicted molar refractivity (Wildman–Crippen MR) is 127 cm³/mol. The molecule has 1 aromatic rings. The fourth-order valence-electron chi connectivity index (χ4n) is 3.19. The van der Waals surface area contributed by atoms with Crippen molar-refractivity contribution in [3.8, 4) is 5.75 Å². The summed E-state index contributed by atoms with van der Waals surface area (Å²) in [6.45, 7) is 12.0. The van der Waals surface area contributed by atoms with Gasteiger partial charge in [-0.25, -0.2) is 0 Å². The lowest BCUT2D eigenvalue weighted by molar-refractivity contribution is -0.138. The van der Waals surface area contributed by atoms with Crippen LogP contribution in [0.15, 0.2) is 18.2 Å². The minimum atomic E-state index is -3.76. The Morgan fingerprint density at radius 3 is 2.00 bits per heavy atom. The van der Waals surface area contributed by atoms with Gasteiger partial charge in [0, 0.05) is 16.3 Å². The molecule has 9 nitrogen and oxygen atoms in total. The lowest BCUT2D eigenvalue weighted by Crippen LogP contribution is -2.26. The standard InChI is InChI=1S/C22H36O9P2/c1-8-28-32(26,15-33(27,29-9-2)30-10-3)17-11-12-19(31-21(25)16(4)5)18(13-17)22(6,7)14-20(23)24/h11-13,16H,8-10,14-15H2,1-7H3,(H,23,24). The maximum absolute atomic E-state index is 13.9. The van der Waals surface area contributed by atoms with Crippen molar-refractivity contribution in [2.24, 2.45) is 5.92 Å². The quantitative estimate of drug-likeness (QED) is 0.207. The van der Waals surface area contributed by atoms with Crippen LogP contribution in [-0.2, 0) is 37.7 Å². The second-order valence-corrected chi connectivity index (χ2v) is 13.4. The number of ether oxygens (including phenoxy) is 1. The van der Waals surface area contributed by atoms with Crippen LogP contribution in [0.1, 0.15) is 60.5 Å². The molecule has 0 spiro atoms. The van der Waals surface area contributed by atoms with Crippen molar-refractivity contribution >= 4 is 32.2 Å². The van der Waals surface area contributed by atoms with E-state index in [2.05, 4.69) is 0 Å². The van der Waals surface area contributed by atoms with Crippen LogP contribution < -0.4 is 10.0 Å². The van der Waals surface area contributed by atoms with Gasteiger partial charge in [-0.1, -0.05) is 27.7 Å². The van der Waals surface area contributed by atoms with E-state index >= 15 is 0 Å². The van der Waals surface area contributed by atoms with E-state index in [1.165, 1.54) is 18.2 Å². The number of hydrogen-bond acceptors (Lipinski definition) is 8. The molecule has 0 aliphatic rings. The number of carboxylic acids is 1. The molecular formula is C22H36O9P2. The van der Waals surface area contributed by atoms with Crippen molar-refractivity contribution in [1.29, 1.82) is 0 Å². The molecular weight excluding hydrogens is 470 g/mol. The molecule has 0 saturated carbocycles. The predicted octanol–water partition coefficient (Wildman–Crippen LogP) is 5.16. The largest absolute Gasteiger partial charge is 0.481 e. The fraction of sp³-hybridized carbons (Fsp3) is 0.636. The number of hydrogen-bond donors (Lipinski definition) is 1. The zero-order valence-electron chi connectivity index (χ0n) is 20.5. The Balaban J connectivity index is 3.65. The topological polar surface area (TPSA) is 125 Å². The third-order valence-electron chi connectivity index (χ3n) is 4.71. The van der Waals surface area contributed by atoms with Crippen molar-refractivity contribution in [3.63, 3.8) is 0 Å². The number of carbonyl (C=O) groups is 2. The first-order chi connectivity index (χ1) is 15.2. The van der Waals surface area contributed by atoms with Crippen LogP contribution >= 0.6 is 15.0 Å². The molecule has 0 radical (unpaired) electrons. The molecule has 0 amide bonds. The van der Waals surface area contributed by atoms with Gasteiger partial charge >= 0.3 is 19.5 Å². The molecule has 0 fully saturated rings. The summed E-state index contributed by atoms with van der Waals surface area (Å²) in [5, 5.41) is 9.61. The minimum absolute atomic E-state index is 0.0769. The highest BCUT2D eigenvalue weighted by molar-refractivity contribution is 7.78. The van der Waals surface area contributed by atoms with E-state index in [1.54, 1.807) is 48.5 Å². The molecule has 33 heavy (non-hydrogen) atoms. The van der Waals surface area contributed by atoms with Crippen LogP contribution in [0.2, 0.25) is 0 Å². The van der Waals surface area contributed by atoms with Crippen molar-refractivity contribution in [3.05, 3.63) is 23.8 Å². The fourth-order valence-corrected chi connectivity index (χ4v) is 8.71. The van der Waals surface area contributed by atoms with Crippen LogP contribution in [0, 0.1) is 5.92 Å². The van der Waals surface area contributed by atoms with Gasteiger partial charge in [0.2, 0.25) is 7.37 Å². The number of esters is 1. The second kappa shape index (κ2) is 12.3. The summed E-state index contributed by atoms with van der Waals surface area (Å²) in [6, 6.07) is 4.44. The van der Waals surface area contributed by atoms with Gasteiger partial charge in [-0.05, 0) is 39.0 Å². The Labute approximate surface area is 196 Å². The maximum Gasteiger partial charge on any atom is 0.340 e. The summed E-state index contributed by atoms with van der Waals surface area (Å²) < 4.78 is 48.9. The first-order valence-electron chi connectivity index (χ1n) is 10.9. The zero-order chi connectivity index (χ0) is 25.4. The minimum Gasteiger partial charge on any atom is -0.481 e.